The van der Waals surface area contributed by atoms with E-state index in [1.165, 1.54) is 12.1 Å². The Kier molecular flexibility index (Phi) is 8.25. The number of hydrogen-bond acceptors (Lipinski definition) is 6. The van der Waals surface area contributed by atoms with Crippen LogP contribution in [0.2, 0.25) is 0 Å². The lowest BCUT2D eigenvalue weighted by Gasteiger charge is -2.31. The van der Waals surface area contributed by atoms with Crippen LogP contribution in [0.4, 0.5) is 9.18 Å². The largest absolute Gasteiger partial charge is 0.471 e. The number of halogens is 2. The van der Waals surface area contributed by atoms with E-state index >= 15 is 0 Å². The minimum Gasteiger partial charge on any atom is -0.471 e. The zero-order valence-corrected chi connectivity index (χ0v) is 22.4. The van der Waals surface area contributed by atoms with Gasteiger partial charge in [0.25, 0.3) is 0 Å². The van der Waals surface area contributed by atoms with Gasteiger partial charge in [-0.1, -0.05) is 36.4 Å². The van der Waals surface area contributed by atoms with Crippen molar-refractivity contribution >= 4 is 22.0 Å². The number of aromatic nitrogens is 2. The first-order valence-electron chi connectivity index (χ1n) is 12.7. The highest BCUT2D eigenvalue weighted by Gasteiger charge is 2.29. The van der Waals surface area contributed by atoms with Crippen molar-refractivity contribution in [2.24, 2.45) is 5.92 Å². The van der Waals surface area contributed by atoms with Crippen molar-refractivity contribution in [2.75, 3.05) is 26.3 Å². The number of carbonyl (C=O) groups is 1. The number of likely N-dealkylation sites (tertiary alicyclic amines) is 1. The molecule has 1 aromatic heterocycles. The number of amides is 1. The normalized spacial score (nSPS) is 17.8. The minimum atomic E-state index is -0.593. The molecule has 1 amide bonds. The average molecular weight is 583 g/mol. The van der Waals surface area contributed by atoms with Gasteiger partial charge < -0.3 is 19.1 Å². The van der Waals surface area contributed by atoms with Gasteiger partial charge in [-0.3, -0.25) is 0 Å². The van der Waals surface area contributed by atoms with Crippen molar-refractivity contribution in [2.45, 2.75) is 38.5 Å². The van der Waals surface area contributed by atoms with Crippen LogP contribution in [0, 0.1) is 23.1 Å². The third-order valence-corrected chi connectivity index (χ3v) is 7.60. The predicted molar refractivity (Wildman–Crippen MR) is 141 cm³/mol. The van der Waals surface area contributed by atoms with E-state index in [9.17, 15) is 9.18 Å². The van der Waals surface area contributed by atoms with Crippen LogP contribution in [0.5, 0.6) is 5.88 Å². The Labute approximate surface area is 229 Å². The Morgan fingerprint density at radius 2 is 1.97 bits per heavy atom. The Hall–Kier alpha value is -3.42. The first-order chi connectivity index (χ1) is 18.5. The number of nitrogens with zero attached hydrogens (tertiary/aromatic N) is 4. The van der Waals surface area contributed by atoms with E-state index in [1.54, 1.807) is 11.0 Å². The molecule has 0 saturated carbocycles. The molecule has 8 nitrogen and oxygen atoms in total. The molecule has 5 rings (SSSR count). The van der Waals surface area contributed by atoms with Gasteiger partial charge in [-0.2, -0.15) is 10.4 Å². The van der Waals surface area contributed by atoms with Crippen molar-refractivity contribution in [1.82, 2.24) is 14.7 Å². The van der Waals surface area contributed by atoms with Gasteiger partial charge in [-0.05, 0) is 52.4 Å². The van der Waals surface area contributed by atoms with Crippen molar-refractivity contribution in [3.63, 3.8) is 0 Å². The number of carbonyl (C=O) groups excluding carboxylic acids is 1. The Bertz CT molecular complexity index is 1310. The van der Waals surface area contributed by atoms with Crippen LogP contribution in [0.15, 0.2) is 53.0 Å². The van der Waals surface area contributed by atoms with Crippen LogP contribution >= 0.6 is 15.9 Å². The molecular weight excluding hydrogens is 555 g/mol. The lowest BCUT2D eigenvalue weighted by Crippen LogP contribution is -2.39. The topological polar surface area (TPSA) is 89.6 Å². The molecule has 0 bridgehead atoms. The second-order valence-electron chi connectivity index (χ2n) is 9.53. The highest BCUT2D eigenvalue weighted by Crippen LogP contribution is 2.38. The summed E-state index contributed by atoms with van der Waals surface area (Å²) < 4.78 is 34.1. The summed E-state index contributed by atoms with van der Waals surface area (Å²) >= 11 is 3.63. The average Bonchev–Trinajstić information content (AvgIpc) is 3.57. The Balaban J connectivity index is 1.27. The van der Waals surface area contributed by atoms with Crippen LogP contribution in [0.25, 0.3) is 11.3 Å². The lowest BCUT2D eigenvalue weighted by molar-refractivity contribution is 0.0793. The van der Waals surface area contributed by atoms with Crippen molar-refractivity contribution in [3.05, 3.63) is 69.9 Å². The second-order valence-corrected chi connectivity index (χ2v) is 10.3. The third-order valence-electron chi connectivity index (χ3n) is 6.89. The molecule has 38 heavy (non-hydrogen) atoms. The van der Waals surface area contributed by atoms with E-state index in [2.05, 4.69) is 15.9 Å². The molecule has 1 atom stereocenters. The van der Waals surface area contributed by atoms with Crippen LogP contribution < -0.4 is 4.74 Å². The van der Waals surface area contributed by atoms with Crippen LogP contribution in [-0.4, -0.2) is 53.2 Å². The molecule has 2 aliphatic rings. The second kappa shape index (κ2) is 12.0. The van der Waals surface area contributed by atoms with Crippen LogP contribution in [0.3, 0.4) is 0 Å². The number of rotatable bonds is 7. The van der Waals surface area contributed by atoms with E-state index in [1.807, 2.05) is 41.1 Å². The fourth-order valence-corrected chi connectivity index (χ4v) is 5.32. The summed E-state index contributed by atoms with van der Waals surface area (Å²) in [6, 6.07) is 15.9. The summed E-state index contributed by atoms with van der Waals surface area (Å²) in [5.41, 5.74) is 2.04. The summed E-state index contributed by atoms with van der Waals surface area (Å²) in [5.74, 6) is 0.252. The molecule has 2 aliphatic heterocycles. The smallest absolute Gasteiger partial charge is 0.410 e. The number of ether oxygens (including phenoxy) is 3. The molecule has 0 aliphatic carbocycles. The standard InChI is InChI=1S/C28H28BrFN4O4/c29-25-26(21-6-7-22(15-31)24(30)14-21)32-34(27(25)38-23-10-13-36-18-23)16-19-8-11-33(12-9-19)28(35)37-17-20-4-2-1-3-5-20/h1-7,14,19,23H,8-13,16-18H2/t23-/m0/s1. The van der Waals surface area contributed by atoms with E-state index < -0.39 is 5.82 Å². The first kappa shape index (κ1) is 26.2. The zero-order chi connectivity index (χ0) is 26.5. The summed E-state index contributed by atoms with van der Waals surface area (Å²) in [6.45, 7) is 3.19. The maximum absolute atomic E-state index is 14.4. The first-order valence-corrected chi connectivity index (χ1v) is 13.5. The monoisotopic (exact) mass is 582 g/mol. The summed E-state index contributed by atoms with van der Waals surface area (Å²) in [7, 11) is 0. The number of piperidine rings is 1. The fraction of sp³-hybridized carbons (Fsp3) is 0.393. The summed E-state index contributed by atoms with van der Waals surface area (Å²) in [6.07, 6.45) is 1.98. The maximum Gasteiger partial charge on any atom is 0.410 e. The van der Waals surface area contributed by atoms with Gasteiger partial charge >= 0.3 is 6.09 Å². The molecule has 10 heteroatoms. The number of benzene rings is 2. The van der Waals surface area contributed by atoms with Gasteiger partial charge in [-0.15, -0.1) is 0 Å². The highest BCUT2D eigenvalue weighted by atomic mass is 79.9. The molecule has 0 spiro atoms. The van der Waals surface area contributed by atoms with E-state index in [0.29, 0.717) is 54.5 Å². The van der Waals surface area contributed by atoms with Gasteiger partial charge in [0.05, 0.1) is 18.8 Å². The quantitative estimate of drug-likeness (QED) is 0.363. The summed E-state index contributed by atoms with van der Waals surface area (Å²) in [5, 5.41) is 13.9. The van der Waals surface area contributed by atoms with Gasteiger partial charge in [0.1, 0.15) is 34.8 Å². The number of hydrogen-bond donors (Lipinski definition) is 0. The lowest BCUT2D eigenvalue weighted by atomic mass is 9.97. The summed E-state index contributed by atoms with van der Waals surface area (Å²) in [4.78, 5) is 14.3. The molecule has 2 aromatic carbocycles. The predicted octanol–water partition coefficient (Wildman–Crippen LogP) is 5.54. The van der Waals surface area contributed by atoms with E-state index in [-0.39, 0.29) is 30.3 Å². The SMILES string of the molecule is N#Cc1ccc(-c2nn(CC3CCN(C(=O)OCc4ccccc4)CC3)c(O[C@H]3CCOC3)c2Br)cc1F. The van der Waals surface area contributed by atoms with Crippen LogP contribution in [0.1, 0.15) is 30.4 Å². The van der Waals surface area contributed by atoms with Gasteiger partial charge in [0.15, 0.2) is 0 Å². The molecule has 0 unspecified atom stereocenters. The molecule has 3 heterocycles. The van der Waals surface area contributed by atoms with Crippen LogP contribution in [-0.2, 0) is 22.6 Å². The zero-order valence-electron chi connectivity index (χ0n) is 20.8. The third kappa shape index (κ3) is 6.00. The van der Waals surface area contributed by atoms with Crippen molar-refractivity contribution < 1.29 is 23.4 Å². The molecule has 198 valence electrons. The van der Waals surface area contributed by atoms with E-state index in [4.69, 9.17) is 24.6 Å². The molecule has 2 fully saturated rings. The van der Waals surface area contributed by atoms with Gasteiger partial charge in [-0.25, -0.2) is 13.9 Å². The molecular formula is C28H28BrFN4O4. The van der Waals surface area contributed by atoms with Gasteiger partial charge in [0.2, 0.25) is 5.88 Å². The van der Waals surface area contributed by atoms with E-state index in [0.717, 1.165) is 24.8 Å². The maximum atomic E-state index is 14.4. The number of nitriles is 1. The minimum absolute atomic E-state index is 0.0158. The molecule has 0 radical (unpaired) electrons. The molecule has 2 saturated heterocycles. The van der Waals surface area contributed by atoms with Crippen molar-refractivity contribution in [1.29, 1.82) is 5.26 Å². The molecule has 0 N–H and O–H groups in total. The highest BCUT2D eigenvalue weighted by molar-refractivity contribution is 9.10. The Morgan fingerprint density at radius 1 is 1.18 bits per heavy atom. The Morgan fingerprint density at radius 3 is 2.66 bits per heavy atom. The van der Waals surface area contributed by atoms with Crippen molar-refractivity contribution in [3.8, 4) is 23.2 Å². The fourth-order valence-electron chi connectivity index (χ4n) is 4.72. The van der Waals surface area contributed by atoms with Gasteiger partial charge in [0, 0.05) is 31.6 Å². The molecule has 3 aromatic rings.